The van der Waals surface area contributed by atoms with E-state index in [-0.39, 0.29) is 0 Å². The van der Waals surface area contributed by atoms with Gasteiger partial charge < -0.3 is 5.32 Å². The zero-order chi connectivity index (χ0) is 15.4. The van der Waals surface area contributed by atoms with Crippen LogP contribution in [-0.2, 0) is 6.42 Å². The van der Waals surface area contributed by atoms with Gasteiger partial charge >= 0.3 is 0 Å². The van der Waals surface area contributed by atoms with Gasteiger partial charge in [-0.15, -0.1) is 11.8 Å². The molecule has 1 N–H and O–H groups in total. The molecule has 0 aliphatic heterocycles. The molecule has 2 aromatic rings. The molecule has 3 nitrogen and oxygen atoms in total. The lowest BCUT2D eigenvalue weighted by Crippen LogP contribution is -2.07. The van der Waals surface area contributed by atoms with Gasteiger partial charge in [0.25, 0.3) is 0 Å². The van der Waals surface area contributed by atoms with Crippen LogP contribution in [0, 0.1) is 9.49 Å². The van der Waals surface area contributed by atoms with Crippen LogP contribution in [0.25, 0.3) is 11.4 Å². The van der Waals surface area contributed by atoms with Gasteiger partial charge in [0, 0.05) is 17.5 Å². The summed E-state index contributed by atoms with van der Waals surface area (Å²) in [5.74, 6) is 2.28. The molecule has 0 unspecified atom stereocenters. The van der Waals surface area contributed by atoms with Crippen LogP contribution in [0.15, 0.2) is 29.2 Å². The predicted molar refractivity (Wildman–Crippen MR) is 100 cm³/mol. The van der Waals surface area contributed by atoms with E-state index in [1.54, 1.807) is 11.8 Å². The Balaban J connectivity index is 2.46. The second-order valence-corrected chi connectivity index (χ2v) is 7.19. The number of nitrogens with zero attached hydrogens (tertiary/aromatic N) is 2. The smallest absolute Gasteiger partial charge is 0.161 e. The van der Waals surface area contributed by atoms with Gasteiger partial charge in [0.2, 0.25) is 0 Å². The Hall–Kier alpha value is -0.820. The highest BCUT2D eigenvalue weighted by atomic mass is 127. The molecule has 5 heteroatoms. The van der Waals surface area contributed by atoms with Crippen LogP contribution in [0.3, 0.4) is 0 Å². The number of hydrogen-bond donors (Lipinski definition) is 1. The maximum absolute atomic E-state index is 4.78. The molecule has 0 radical (unpaired) electrons. The summed E-state index contributed by atoms with van der Waals surface area (Å²) in [5.41, 5.74) is 2.18. The maximum Gasteiger partial charge on any atom is 0.161 e. The molecular formula is C16H20IN3S. The molecule has 0 aliphatic carbocycles. The average molecular weight is 413 g/mol. The molecule has 21 heavy (non-hydrogen) atoms. The topological polar surface area (TPSA) is 37.8 Å². The second-order valence-electron chi connectivity index (χ2n) is 5.23. The van der Waals surface area contributed by atoms with E-state index in [2.05, 4.69) is 77.3 Å². The third-order valence-corrected chi connectivity index (χ3v) is 4.98. The number of benzene rings is 1. The van der Waals surface area contributed by atoms with Gasteiger partial charge in [0.1, 0.15) is 5.82 Å². The summed E-state index contributed by atoms with van der Waals surface area (Å²) in [5, 5.41) is 3.18. The summed E-state index contributed by atoms with van der Waals surface area (Å²) in [6.45, 7) is 4.42. The first-order chi connectivity index (χ1) is 10.0. The standard InChI is InChI=1S/C16H20IN3S/c1-10(2)9-13-14(17)16(18-3)20-15(19-13)11-5-7-12(21-4)8-6-11/h5-8,10H,9H2,1-4H3,(H,18,19,20). The second kappa shape index (κ2) is 7.45. The van der Waals surface area contributed by atoms with E-state index < -0.39 is 0 Å². The van der Waals surface area contributed by atoms with E-state index in [4.69, 9.17) is 4.98 Å². The molecule has 1 aromatic carbocycles. The molecule has 0 saturated carbocycles. The van der Waals surface area contributed by atoms with Crippen molar-refractivity contribution < 1.29 is 0 Å². The van der Waals surface area contributed by atoms with Gasteiger partial charge in [0.05, 0.1) is 9.26 Å². The van der Waals surface area contributed by atoms with Gasteiger partial charge in [-0.05, 0) is 53.3 Å². The summed E-state index contributed by atoms with van der Waals surface area (Å²) >= 11 is 4.07. The molecule has 2 rings (SSSR count). The highest BCUT2D eigenvalue weighted by Gasteiger charge is 2.13. The molecule has 1 aromatic heterocycles. The fraction of sp³-hybridized carbons (Fsp3) is 0.375. The van der Waals surface area contributed by atoms with Crippen LogP contribution in [0.5, 0.6) is 0 Å². The van der Waals surface area contributed by atoms with Crippen molar-refractivity contribution in [3.8, 4) is 11.4 Å². The third kappa shape index (κ3) is 4.10. The summed E-state index contributed by atoms with van der Waals surface area (Å²) < 4.78 is 1.12. The Labute approximate surface area is 144 Å². The predicted octanol–water partition coefficient (Wildman–Crippen LogP) is 4.71. The quantitative estimate of drug-likeness (QED) is 0.569. The van der Waals surface area contributed by atoms with Crippen molar-refractivity contribution in [1.29, 1.82) is 0 Å². The first-order valence-corrected chi connectivity index (χ1v) is 9.24. The van der Waals surface area contributed by atoms with E-state index in [0.717, 1.165) is 32.9 Å². The zero-order valence-corrected chi connectivity index (χ0v) is 15.7. The average Bonchev–Trinajstić information content (AvgIpc) is 2.49. The molecule has 0 amide bonds. The third-order valence-electron chi connectivity index (χ3n) is 3.11. The van der Waals surface area contributed by atoms with Gasteiger partial charge in [0.15, 0.2) is 5.82 Å². The van der Waals surface area contributed by atoms with Gasteiger partial charge in [-0.1, -0.05) is 26.0 Å². The molecular weight excluding hydrogens is 393 g/mol. The Morgan fingerprint density at radius 3 is 2.38 bits per heavy atom. The number of anilines is 1. The van der Waals surface area contributed by atoms with E-state index >= 15 is 0 Å². The lowest BCUT2D eigenvalue weighted by atomic mass is 10.1. The fourth-order valence-electron chi connectivity index (χ4n) is 2.05. The molecule has 0 aliphatic rings. The summed E-state index contributed by atoms with van der Waals surface area (Å²) in [4.78, 5) is 10.7. The molecule has 112 valence electrons. The van der Waals surface area contributed by atoms with E-state index in [0.29, 0.717) is 5.92 Å². The molecule has 0 spiro atoms. The number of hydrogen-bond acceptors (Lipinski definition) is 4. The summed E-state index contributed by atoms with van der Waals surface area (Å²) in [6, 6.07) is 8.41. The number of halogens is 1. The van der Waals surface area contributed by atoms with E-state index in [1.165, 1.54) is 4.90 Å². The zero-order valence-electron chi connectivity index (χ0n) is 12.8. The Bertz CT molecular complexity index is 612. The first kappa shape index (κ1) is 16.5. The number of nitrogens with one attached hydrogen (secondary N) is 1. The fourth-order valence-corrected chi connectivity index (χ4v) is 3.19. The minimum atomic E-state index is 0.574. The molecule has 0 fully saturated rings. The van der Waals surface area contributed by atoms with Crippen molar-refractivity contribution in [2.75, 3.05) is 18.6 Å². The maximum atomic E-state index is 4.78. The van der Waals surface area contributed by atoms with Crippen LogP contribution < -0.4 is 5.32 Å². The summed E-state index contributed by atoms with van der Waals surface area (Å²) in [6.07, 6.45) is 3.04. The SMILES string of the molecule is CNc1nc(-c2ccc(SC)cc2)nc(CC(C)C)c1I. The summed E-state index contributed by atoms with van der Waals surface area (Å²) in [7, 11) is 1.91. The first-order valence-electron chi connectivity index (χ1n) is 6.93. The van der Waals surface area contributed by atoms with Crippen LogP contribution in [0.4, 0.5) is 5.82 Å². The monoisotopic (exact) mass is 413 g/mol. The van der Waals surface area contributed by atoms with Crippen LogP contribution in [0.2, 0.25) is 0 Å². The van der Waals surface area contributed by atoms with Crippen molar-refractivity contribution in [3.63, 3.8) is 0 Å². The van der Waals surface area contributed by atoms with Gasteiger partial charge in [-0.25, -0.2) is 9.97 Å². The van der Waals surface area contributed by atoms with Crippen LogP contribution in [-0.4, -0.2) is 23.3 Å². The molecule has 0 bridgehead atoms. The highest BCUT2D eigenvalue weighted by Crippen LogP contribution is 2.26. The lowest BCUT2D eigenvalue weighted by molar-refractivity contribution is 0.632. The van der Waals surface area contributed by atoms with Crippen LogP contribution >= 0.6 is 34.4 Å². The molecule has 0 atom stereocenters. The number of thioether (sulfide) groups is 1. The Morgan fingerprint density at radius 2 is 1.86 bits per heavy atom. The molecule has 0 saturated heterocycles. The minimum Gasteiger partial charge on any atom is -0.372 e. The molecule has 1 heterocycles. The minimum absolute atomic E-state index is 0.574. The highest BCUT2D eigenvalue weighted by molar-refractivity contribution is 14.1. The normalized spacial score (nSPS) is 11.0. The van der Waals surface area contributed by atoms with E-state index in [1.807, 2.05) is 7.05 Å². The van der Waals surface area contributed by atoms with Crippen molar-refractivity contribution in [1.82, 2.24) is 9.97 Å². The van der Waals surface area contributed by atoms with Crippen molar-refractivity contribution in [2.45, 2.75) is 25.2 Å². The van der Waals surface area contributed by atoms with Crippen molar-refractivity contribution in [3.05, 3.63) is 33.5 Å². The lowest BCUT2D eigenvalue weighted by Gasteiger charge is -2.13. The largest absolute Gasteiger partial charge is 0.372 e. The number of aromatic nitrogens is 2. The van der Waals surface area contributed by atoms with Crippen LogP contribution in [0.1, 0.15) is 19.5 Å². The Morgan fingerprint density at radius 1 is 1.19 bits per heavy atom. The van der Waals surface area contributed by atoms with E-state index in [9.17, 15) is 0 Å². The van der Waals surface area contributed by atoms with Gasteiger partial charge in [-0.3, -0.25) is 0 Å². The van der Waals surface area contributed by atoms with Crippen molar-refractivity contribution >= 4 is 40.2 Å². The van der Waals surface area contributed by atoms with Gasteiger partial charge in [-0.2, -0.15) is 0 Å². The number of rotatable bonds is 5. The van der Waals surface area contributed by atoms with Crippen molar-refractivity contribution in [2.24, 2.45) is 5.92 Å². The Kier molecular flexibility index (Phi) is 5.87.